The Bertz CT molecular complexity index is 453. The van der Waals surface area contributed by atoms with Crippen molar-refractivity contribution in [2.45, 2.75) is 51.6 Å². The van der Waals surface area contributed by atoms with Gasteiger partial charge in [-0.1, -0.05) is 43.7 Å². The van der Waals surface area contributed by atoms with Gasteiger partial charge in [0.25, 0.3) is 0 Å². The van der Waals surface area contributed by atoms with Crippen LogP contribution in [0.2, 0.25) is 0 Å². The van der Waals surface area contributed by atoms with E-state index in [4.69, 9.17) is 5.73 Å². The molecule has 1 aliphatic heterocycles. The number of nitrogens with two attached hydrogens (primary N) is 1. The Morgan fingerprint density at radius 1 is 1.20 bits per heavy atom. The fraction of sp³-hybridized carbons (Fsp3) is 0.556. The van der Waals surface area contributed by atoms with E-state index in [1.165, 1.54) is 44.2 Å². The summed E-state index contributed by atoms with van der Waals surface area (Å²) in [7, 11) is 0. The van der Waals surface area contributed by atoms with Gasteiger partial charge in [-0.3, -0.25) is 4.90 Å². The molecule has 2 rings (SSSR count). The Morgan fingerprint density at radius 2 is 2.00 bits per heavy atom. The van der Waals surface area contributed by atoms with Crippen molar-refractivity contribution in [2.24, 2.45) is 5.73 Å². The molecular formula is C18H26N2. The van der Waals surface area contributed by atoms with Crippen LogP contribution in [0.15, 0.2) is 24.3 Å². The summed E-state index contributed by atoms with van der Waals surface area (Å²) in [5.41, 5.74) is 7.84. The number of hydrogen-bond donors (Lipinski definition) is 1. The van der Waals surface area contributed by atoms with Gasteiger partial charge in [0.2, 0.25) is 0 Å². The first-order valence-corrected chi connectivity index (χ1v) is 7.85. The predicted molar refractivity (Wildman–Crippen MR) is 85.3 cm³/mol. The maximum absolute atomic E-state index is 5.40. The summed E-state index contributed by atoms with van der Waals surface area (Å²) >= 11 is 0. The summed E-state index contributed by atoms with van der Waals surface area (Å²) < 4.78 is 0. The zero-order valence-corrected chi connectivity index (χ0v) is 12.6. The second-order valence-corrected chi connectivity index (χ2v) is 5.58. The molecule has 1 aromatic rings. The first-order valence-electron chi connectivity index (χ1n) is 7.85. The molecule has 108 valence electrons. The van der Waals surface area contributed by atoms with Crippen LogP contribution in [-0.4, -0.2) is 24.0 Å². The average molecular weight is 270 g/mol. The van der Waals surface area contributed by atoms with E-state index in [1.807, 2.05) is 0 Å². The molecule has 0 aromatic heterocycles. The molecule has 20 heavy (non-hydrogen) atoms. The quantitative estimate of drug-likeness (QED) is 0.855. The Kier molecular flexibility index (Phi) is 6.11. The van der Waals surface area contributed by atoms with Crippen LogP contribution in [0.25, 0.3) is 0 Å². The minimum absolute atomic E-state index is 0.424. The van der Waals surface area contributed by atoms with Crippen molar-refractivity contribution < 1.29 is 0 Å². The molecule has 2 N–H and O–H groups in total. The molecule has 0 radical (unpaired) electrons. The minimum atomic E-state index is 0.424. The smallest absolute Gasteiger partial charge is 0.0555 e. The highest BCUT2D eigenvalue weighted by molar-refractivity contribution is 5.36. The fourth-order valence-electron chi connectivity index (χ4n) is 2.99. The van der Waals surface area contributed by atoms with Gasteiger partial charge in [0.15, 0.2) is 0 Å². The molecule has 0 aliphatic carbocycles. The molecule has 1 aliphatic rings. The summed E-state index contributed by atoms with van der Waals surface area (Å²) in [5, 5.41) is 0. The summed E-state index contributed by atoms with van der Waals surface area (Å²) in [4.78, 5) is 2.66. The molecule has 1 aromatic carbocycles. The predicted octanol–water partition coefficient (Wildman–Crippen LogP) is 3.15. The molecule has 0 spiro atoms. The third-order valence-electron chi connectivity index (χ3n) is 4.14. The van der Waals surface area contributed by atoms with Gasteiger partial charge in [-0.15, -0.1) is 0 Å². The van der Waals surface area contributed by atoms with E-state index in [2.05, 4.69) is 47.9 Å². The summed E-state index contributed by atoms with van der Waals surface area (Å²) in [6, 6.07) is 9.39. The molecule has 1 saturated heterocycles. The highest BCUT2D eigenvalue weighted by atomic mass is 15.1. The topological polar surface area (TPSA) is 29.3 Å². The zero-order chi connectivity index (χ0) is 14.2. The van der Waals surface area contributed by atoms with E-state index in [-0.39, 0.29) is 0 Å². The highest BCUT2D eigenvalue weighted by Crippen LogP contribution is 2.21. The highest BCUT2D eigenvalue weighted by Gasteiger charge is 2.19. The molecule has 0 saturated carbocycles. The van der Waals surface area contributed by atoms with Crippen LogP contribution in [0, 0.1) is 11.8 Å². The van der Waals surface area contributed by atoms with E-state index in [9.17, 15) is 0 Å². The second-order valence-electron chi connectivity index (χ2n) is 5.58. The number of rotatable bonds is 3. The minimum Gasteiger partial charge on any atom is -0.320 e. The van der Waals surface area contributed by atoms with Crippen molar-refractivity contribution in [3.8, 4) is 11.8 Å². The summed E-state index contributed by atoms with van der Waals surface area (Å²) in [6.45, 7) is 5.05. The lowest BCUT2D eigenvalue weighted by molar-refractivity contribution is 0.186. The van der Waals surface area contributed by atoms with Crippen molar-refractivity contribution in [1.29, 1.82) is 0 Å². The first kappa shape index (κ1) is 15.1. The number of likely N-dealkylation sites (tertiary alicyclic amines) is 1. The molecule has 2 heteroatoms. The lowest BCUT2D eigenvalue weighted by Gasteiger charge is -2.29. The normalized spacial score (nSPS) is 20.0. The van der Waals surface area contributed by atoms with Crippen LogP contribution in [0.1, 0.15) is 50.2 Å². The number of hydrogen-bond acceptors (Lipinski definition) is 2. The van der Waals surface area contributed by atoms with Gasteiger partial charge in [-0.2, -0.15) is 0 Å². The molecule has 2 nitrogen and oxygen atoms in total. The van der Waals surface area contributed by atoms with Crippen LogP contribution in [0.3, 0.4) is 0 Å². The largest absolute Gasteiger partial charge is 0.320 e. The lowest BCUT2D eigenvalue weighted by atomic mass is 10.1. The standard InChI is InChI=1S/C18H26N2/c1-2-18-8-4-3-5-14-20(18)15-17-11-9-16(10-12-17)7-6-13-19/h9-12,18H,2-5,8,13-15,19H2,1H3. The van der Waals surface area contributed by atoms with Crippen molar-refractivity contribution in [1.82, 2.24) is 4.90 Å². The summed E-state index contributed by atoms with van der Waals surface area (Å²) in [5.74, 6) is 5.97. The van der Waals surface area contributed by atoms with Crippen LogP contribution in [-0.2, 0) is 6.54 Å². The molecular weight excluding hydrogens is 244 g/mol. The molecule has 0 amide bonds. The lowest BCUT2D eigenvalue weighted by Crippen LogP contribution is -2.33. The Labute approximate surface area is 123 Å². The van der Waals surface area contributed by atoms with E-state index >= 15 is 0 Å². The molecule has 0 bridgehead atoms. The maximum Gasteiger partial charge on any atom is 0.0555 e. The Balaban J connectivity index is 2.00. The summed E-state index contributed by atoms with van der Waals surface area (Å²) in [6.07, 6.45) is 6.75. The van der Waals surface area contributed by atoms with Gasteiger partial charge in [0.1, 0.15) is 0 Å². The average Bonchev–Trinajstić information content (AvgIpc) is 2.71. The van der Waals surface area contributed by atoms with Gasteiger partial charge >= 0.3 is 0 Å². The molecule has 1 fully saturated rings. The van der Waals surface area contributed by atoms with Crippen molar-refractivity contribution >= 4 is 0 Å². The van der Waals surface area contributed by atoms with Crippen molar-refractivity contribution in [3.63, 3.8) is 0 Å². The second kappa shape index (κ2) is 8.09. The first-order chi connectivity index (χ1) is 9.83. The van der Waals surface area contributed by atoms with E-state index in [0.29, 0.717) is 6.54 Å². The van der Waals surface area contributed by atoms with E-state index in [1.54, 1.807) is 0 Å². The third kappa shape index (κ3) is 4.37. The fourth-order valence-corrected chi connectivity index (χ4v) is 2.99. The monoisotopic (exact) mass is 270 g/mol. The van der Waals surface area contributed by atoms with Gasteiger partial charge in [-0.25, -0.2) is 0 Å². The van der Waals surface area contributed by atoms with Crippen molar-refractivity contribution in [2.75, 3.05) is 13.1 Å². The number of benzene rings is 1. The SMILES string of the molecule is CCC1CCCCCN1Cc1ccc(C#CCN)cc1. The van der Waals surface area contributed by atoms with E-state index in [0.717, 1.165) is 18.2 Å². The van der Waals surface area contributed by atoms with Crippen LogP contribution >= 0.6 is 0 Å². The Morgan fingerprint density at radius 3 is 2.70 bits per heavy atom. The Hall–Kier alpha value is -1.30. The van der Waals surface area contributed by atoms with Crippen LogP contribution in [0.5, 0.6) is 0 Å². The van der Waals surface area contributed by atoms with Gasteiger partial charge < -0.3 is 5.73 Å². The number of nitrogens with zero attached hydrogens (tertiary/aromatic N) is 1. The van der Waals surface area contributed by atoms with Crippen molar-refractivity contribution in [3.05, 3.63) is 35.4 Å². The third-order valence-corrected chi connectivity index (χ3v) is 4.14. The van der Waals surface area contributed by atoms with Gasteiger partial charge in [-0.05, 0) is 43.5 Å². The van der Waals surface area contributed by atoms with Gasteiger partial charge in [0, 0.05) is 18.2 Å². The zero-order valence-electron chi connectivity index (χ0n) is 12.6. The van der Waals surface area contributed by atoms with E-state index < -0.39 is 0 Å². The van der Waals surface area contributed by atoms with Crippen LogP contribution in [0.4, 0.5) is 0 Å². The molecule has 1 unspecified atom stereocenters. The van der Waals surface area contributed by atoms with Gasteiger partial charge in [0.05, 0.1) is 6.54 Å². The molecule has 1 heterocycles. The molecule has 1 atom stereocenters. The maximum atomic E-state index is 5.40. The van der Waals surface area contributed by atoms with Crippen LogP contribution < -0.4 is 5.73 Å².